The third-order valence-corrected chi connectivity index (χ3v) is 4.20. The number of Topliss-reactive ketones (excluding diaryl/α,β-unsaturated/α-hetero) is 1. The first kappa shape index (κ1) is 24.7. The molecule has 148 valence electrons. The van der Waals surface area contributed by atoms with E-state index in [9.17, 15) is 4.79 Å². The first-order chi connectivity index (χ1) is 13.0. The Morgan fingerprint density at radius 1 is 1.52 bits per heavy atom. The maximum atomic E-state index is 11.6. The van der Waals surface area contributed by atoms with Crippen LogP contribution in [0.5, 0.6) is 0 Å². The monoisotopic (exact) mass is 391 g/mol. The van der Waals surface area contributed by atoms with Crippen molar-refractivity contribution in [1.82, 2.24) is 4.98 Å². The Kier molecular flexibility index (Phi) is 13.6. The molecule has 0 amide bonds. The normalized spacial score (nSPS) is 13.8. The molecule has 27 heavy (non-hydrogen) atoms. The van der Waals surface area contributed by atoms with E-state index < -0.39 is 0 Å². The van der Waals surface area contributed by atoms with E-state index in [1.165, 1.54) is 13.0 Å². The topological polar surface area (TPSA) is 86.8 Å². The van der Waals surface area contributed by atoms with Gasteiger partial charge in [-0.15, -0.1) is 6.42 Å². The number of terminal acetylenes is 1. The van der Waals surface area contributed by atoms with Crippen LogP contribution in [0.3, 0.4) is 0 Å². The molecule has 0 unspecified atom stereocenters. The third-order valence-electron chi connectivity index (χ3n) is 2.99. The van der Waals surface area contributed by atoms with Crippen LogP contribution in [0, 0.1) is 19.3 Å². The van der Waals surface area contributed by atoms with E-state index in [0.717, 1.165) is 17.1 Å². The van der Waals surface area contributed by atoms with Gasteiger partial charge >= 0.3 is 0 Å². The lowest BCUT2D eigenvalue weighted by atomic mass is 10.2. The number of hydrogen-bond donors (Lipinski definition) is 1. The number of pyridine rings is 1. The molecule has 6 nitrogen and oxygen atoms in total. The van der Waals surface area contributed by atoms with Crippen molar-refractivity contribution in [2.24, 2.45) is 10.7 Å². The molecule has 0 aliphatic carbocycles. The largest absolute Gasteiger partial charge is 0.474 e. The number of ether oxygens (including phenoxy) is 2. The zero-order valence-corrected chi connectivity index (χ0v) is 17.5. The standard InChI is InChI=1S/C14H17N3O2S.C4H6O.C2H6/c1-9-4-3-5-16-14(9)17-12(10(2)18)6-13(15)19-11-7-20-8-11;1-3-4-5-2;1-2/h3-6,11H,7-8,15H2,1-2H3;1H,4H2,2H3;1-2H3/b13-6+,17-12-;;. The van der Waals surface area contributed by atoms with Crippen LogP contribution in [0.4, 0.5) is 5.82 Å². The van der Waals surface area contributed by atoms with Crippen LogP contribution in [0.1, 0.15) is 26.3 Å². The summed E-state index contributed by atoms with van der Waals surface area (Å²) in [6, 6.07) is 3.71. The molecule has 7 heteroatoms. The lowest BCUT2D eigenvalue weighted by molar-refractivity contribution is -0.111. The number of nitrogens with two attached hydrogens (primary N) is 1. The number of aromatic nitrogens is 1. The van der Waals surface area contributed by atoms with Crippen LogP contribution >= 0.6 is 11.8 Å². The lowest BCUT2D eigenvalue weighted by Crippen LogP contribution is -2.30. The highest BCUT2D eigenvalue weighted by molar-refractivity contribution is 8.00. The first-order valence-corrected chi connectivity index (χ1v) is 9.78. The molecule has 0 atom stereocenters. The van der Waals surface area contributed by atoms with E-state index in [0.29, 0.717) is 12.4 Å². The van der Waals surface area contributed by atoms with E-state index in [1.54, 1.807) is 25.1 Å². The Balaban J connectivity index is 0.000000838. The van der Waals surface area contributed by atoms with Gasteiger partial charge in [-0.2, -0.15) is 11.8 Å². The van der Waals surface area contributed by atoms with Gasteiger partial charge in [0, 0.05) is 37.8 Å². The molecule has 1 aliphatic heterocycles. The second-order valence-electron chi connectivity index (χ2n) is 5.16. The van der Waals surface area contributed by atoms with Crippen LogP contribution in [0.15, 0.2) is 35.3 Å². The zero-order chi connectivity index (χ0) is 20.7. The van der Waals surface area contributed by atoms with Crippen molar-refractivity contribution in [3.63, 3.8) is 0 Å². The van der Waals surface area contributed by atoms with Gasteiger partial charge in [-0.05, 0) is 18.6 Å². The van der Waals surface area contributed by atoms with Crippen molar-refractivity contribution >= 4 is 29.1 Å². The minimum absolute atomic E-state index is 0.140. The molecule has 1 saturated heterocycles. The predicted molar refractivity (Wildman–Crippen MR) is 113 cm³/mol. The number of carbonyl (C=O) groups is 1. The number of aryl methyl sites for hydroxylation is 1. The molecule has 0 radical (unpaired) electrons. The van der Waals surface area contributed by atoms with Crippen molar-refractivity contribution in [3.8, 4) is 12.3 Å². The Hall–Kier alpha value is -2.30. The minimum atomic E-state index is -0.176. The Bertz CT molecular complexity index is 677. The summed E-state index contributed by atoms with van der Waals surface area (Å²) in [4.78, 5) is 20.1. The summed E-state index contributed by atoms with van der Waals surface area (Å²) in [6.45, 7) is 7.75. The van der Waals surface area contributed by atoms with Crippen LogP contribution < -0.4 is 5.73 Å². The van der Waals surface area contributed by atoms with E-state index in [-0.39, 0.29) is 23.5 Å². The second kappa shape index (κ2) is 14.8. The van der Waals surface area contributed by atoms with Crippen molar-refractivity contribution in [2.75, 3.05) is 25.2 Å². The average molecular weight is 392 g/mol. The summed E-state index contributed by atoms with van der Waals surface area (Å²) in [5.74, 6) is 4.72. The Morgan fingerprint density at radius 2 is 2.19 bits per heavy atom. The second-order valence-corrected chi connectivity index (χ2v) is 6.23. The Labute approximate surface area is 166 Å². The number of thioether (sulfide) groups is 1. The van der Waals surface area contributed by atoms with E-state index in [4.69, 9.17) is 16.9 Å². The fraction of sp³-hybridized carbons (Fsp3) is 0.450. The molecule has 1 aromatic rings. The van der Waals surface area contributed by atoms with Crippen LogP contribution in [-0.2, 0) is 14.3 Å². The smallest absolute Gasteiger partial charge is 0.186 e. The van der Waals surface area contributed by atoms with Gasteiger partial charge in [-0.25, -0.2) is 9.98 Å². The van der Waals surface area contributed by atoms with E-state index >= 15 is 0 Å². The minimum Gasteiger partial charge on any atom is -0.474 e. The summed E-state index contributed by atoms with van der Waals surface area (Å²) in [5, 5.41) is 0. The molecule has 0 saturated carbocycles. The maximum Gasteiger partial charge on any atom is 0.186 e. The SMILES string of the molecule is C#CCOC.CC.CC(=O)C(/C=C(\N)OC1CSC1)=N\c1ncccc1C. The summed E-state index contributed by atoms with van der Waals surface area (Å²) < 4.78 is 9.95. The van der Waals surface area contributed by atoms with Gasteiger partial charge in [-0.1, -0.05) is 25.8 Å². The van der Waals surface area contributed by atoms with Crippen molar-refractivity contribution in [3.05, 3.63) is 35.9 Å². The lowest BCUT2D eigenvalue weighted by Gasteiger charge is -2.25. The molecule has 0 bridgehead atoms. The van der Waals surface area contributed by atoms with Crippen molar-refractivity contribution < 1.29 is 14.3 Å². The maximum absolute atomic E-state index is 11.6. The number of ketones is 1. The number of aliphatic imine (C=N–C) groups is 1. The fourth-order valence-electron chi connectivity index (χ4n) is 1.65. The van der Waals surface area contributed by atoms with Gasteiger partial charge in [0.25, 0.3) is 0 Å². The summed E-state index contributed by atoms with van der Waals surface area (Å²) in [5.41, 5.74) is 6.93. The quantitative estimate of drug-likeness (QED) is 0.455. The number of allylic oxidation sites excluding steroid dienone is 1. The van der Waals surface area contributed by atoms with Crippen LogP contribution in [-0.4, -0.2) is 47.8 Å². The van der Waals surface area contributed by atoms with Gasteiger partial charge in [0.15, 0.2) is 17.5 Å². The molecule has 0 aromatic carbocycles. The summed E-state index contributed by atoms with van der Waals surface area (Å²) in [6.07, 6.45) is 8.01. The summed E-state index contributed by atoms with van der Waals surface area (Å²) in [7, 11) is 1.57. The highest BCUT2D eigenvalue weighted by Gasteiger charge is 2.20. The molecular formula is C20H29N3O3S. The van der Waals surface area contributed by atoms with Gasteiger partial charge < -0.3 is 15.2 Å². The highest BCUT2D eigenvalue weighted by atomic mass is 32.2. The third kappa shape index (κ3) is 10.4. The molecule has 2 N–H and O–H groups in total. The summed E-state index contributed by atoms with van der Waals surface area (Å²) >= 11 is 1.80. The average Bonchev–Trinajstić information content (AvgIpc) is 2.62. The first-order valence-electron chi connectivity index (χ1n) is 8.63. The number of rotatable bonds is 6. The van der Waals surface area contributed by atoms with Crippen molar-refractivity contribution in [1.29, 1.82) is 0 Å². The Morgan fingerprint density at radius 3 is 2.59 bits per heavy atom. The number of methoxy groups -OCH3 is 1. The van der Waals surface area contributed by atoms with E-state index in [1.807, 2.05) is 32.9 Å². The molecular weight excluding hydrogens is 362 g/mol. The van der Waals surface area contributed by atoms with Crippen LogP contribution in [0.2, 0.25) is 0 Å². The molecule has 1 aliphatic rings. The zero-order valence-electron chi connectivity index (χ0n) is 16.7. The number of nitrogens with zero attached hydrogens (tertiary/aromatic N) is 2. The molecule has 1 aromatic heterocycles. The molecule has 0 spiro atoms. The number of carbonyl (C=O) groups excluding carboxylic acids is 1. The van der Waals surface area contributed by atoms with Gasteiger partial charge in [0.1, 0.15) is 18.4 Å². The van der Waals surface area contributed by atoms with Crippen molar-refractivity contribution in [2.45, 2.75) is 33.8 Å². The van der Waals surface area contributed by atoms with Gasteiger partial charge in [-0.3, -0.25) is 4.79 Å². The molecule has 2 heterocycles. The number of hydrogen-bond acceptors (Lipinski definition) is 7. The predicted octanol–water partition coefficient (Wildman–Crippen LogP) is 3.28. The van der Waals surface area contributed by atoms with E-state index in [2.05, 4.69) is 20.6 Å². The fourth-order valence-corrected chi connectivity index (χ4v) is 2.21. The van der Waals surface area contributed by atoms with Gasteiger partial charge in [0.2, 0.25) is 0 Å². The molecule has 2 rings (SSSR count). The van der Waals surface area contributed by atoms with Gasteiger partial charge in [0.05, 0.1) is 0 Å². The van der Waals surface area contributed by atoms with Crippen LogP contribution in [0.25, 0.3) is 0 Å². The molecule has 1 fully saturated rings. The highest BCUT2D eigenvalue weighted by Crippen LogP contribution is 2.22.